The highest BCUT2D eigenvalue weighted by atomic mass is 16.6. The fourth-order valence-electron chi connectivity index (χ4n) is 4.52. The van der Waals surface area contributed by atoms with Crippen molar-refractivity contribution in [2.75, 3.05) is 32.8 Å². The van der Waals surface area contributed by atoms with Crippen molar-refractivity contribution in [1.29, 1.82) is 0 Å². The molecule has 1 aliphatic carbocycles. The highest BCUT2D eigenvalue weighted by molar-refractivity contribution is 5.72. The number of ether oxygens (including phenoxy) is 1. The molecule has 3 fully saturated rings. The molecule has 1 spiro atoms. The zero-order chi connectivity index (χ0) is 17.9. The van der Waals surface area contributed by atoms with Gasteiger partial charge in [-0.15, -0.1) is 0 Å². The summed E-state index contributed by atoms with van der Waals surface area (Å²) in [5.41, 5.74) is 6.78. The van der Waals surface area contributed by atoms with Crippen LogP contribution in [0.2, 0.25) is 0 Å². The molecule has 140 valence electrons. The second-order valence-electron chi connectivity index (χ2n) is 7.91. The summed E-state index contributed by atoms with van der Waals surface area (Å²) in [6.07, 6.45) is 9.45. The van der Waals surface area contributed by atoms with Gasteiger partial charge in [0.05, 0.1) is 12.6 Å². The number of carbonyl (C=O) groups excluding carboxylic acids is 1. The summed E-state index contributed by atoms with van der Waals surface area (Å²) in [4.78, 5) is 21.0. The number of allylic oxidation sites excluding steroid dienone is 2. The topological polar surface area (TPSA) is 71.2 Å². The Hall–Kier alpha value is -1.56. The van der Waals surface area contributed by atoms with E-state index in [0.29, 0.717) is 24.1 Å². The van der Waals surface area contributed by atoms with Crippen LogP contribution in [0.25, 0.3) is 0 Å². The summed E-state index contributed by atoms with van der Waals surface area (Å²) in [6.45, 7) is 8.22. The number of nitrogens with two attached hydrogens (primary N) is 1. The fourth-order valence-corrected chi connectivity index (χ4v) is 4.52. The quantitative estimate of drug-likeness (QED) is 0.792. The lowest BCUT2D eigenvalue weighted by atomic mass is 9.64. The predicted molar refractivity (Wildman–Crippen MR) is 99.7 cm³/mol. The van der Waals surface area contributed by atoms with Crippen LogP contribution in [0.5, 0.6) is 0 Å². The van der Waals surface area contributed by atoms with Crippen LogP contribution in [0.15, 0.2) is 16.8 Å². The third-order valence-corrected chi connectivity index (χ3v) is 5.95. The molecular formula is C19H32N4O2. The molecule has 1 saturated carbocycles. The van der Waals surface area contributed by atoms with Crippen molar-refractivity contribution in [3.05, 3.63) is 11.8 Å². The van der Waals surface area contributed by atoms with Gasteiger partial charge >= 0.3 is 6.09 Å². The third-order valence-electron chi connectivity index (χ3n) is 5.95. The Balaban J connectivity index is 1.40. The molecule has 0 radical (unpaired) electrons. The normalized spacial score (nSPS) is 31.7. The van der Waals surface area contributed by atoms with E-state index < -0.39 is 0 Å². The van der Waals surface area contributed by atoms with Gasteiger partial charge in [-0.1, -0.05) is 0 Å². The number of likely N-dealkylation sites (tertiary alicyclic amines) is 2. The molecule has 6 heteroatoms. The van der Waals surface area contributed by atoms with Gasteiger partial charge in [0.1, 0.15) is 0 Å². The predicted octanol–water partition coefficient (Wildman–Crippen LogP) is 2.40. The zero-order valence-corrected chi connectivity index (χ0v) is 15.6. The molecule has 2 aliphatic heterocycles. The van der Waals surface area contributed by atoms with Gasteiger partial charge in [0, 0.05) is 44.1 Å². The van der Waals surface area contributed by atoms with E-state index in [1.54, 1.807) is 0 Å². The van der Waals surface area contributed by atoms with Crippen LogP contribution >= 0.6 is 0 Å². The highest BCUT2D eigenvalue weighted by Crippen LogP contribution is 2.50. The lowest BCUT2D eigenvalue weighted by Gasteiger charge is -2.51. The maximum Gasteiger partial charge on any atom is 0.409 e. The van der Waals surface area contributed by atoms with Crippen LogP contribution < -0.4 is 5.73 Å². The van der Waals surface area contributed by atoms with Gasteiger partial charge in [-0.05, 0) is 57.4 Å². The van der Waals surface area contributed by atoms with Gasteiger partial charge in [-0.2, -0.15) is 0 Å². The molecule has 0 unspecified atom stereocenters. The molecule has 1 amide bonds. The number of carbonyl (C=O) groups is 1. The molecule has 6 nitrogen and oxygen atoms in total. The van der Waals surface area contributed by atoms with Gasteiger partial charge in [-0.25, -0.2) is 4.79 Å². The number of aliphatic imine (C=N–C) groups is 1. The van der Waals surface area contributed by atoms with E-state index in [4.69, 9.17) is 10.5 Å². The number of hydrogen-bond donors (Lipinski definition) is 1. The van der Waals surface area contributed by atoms with E-state index in [9.17, 15) is 4.79 Å². The van der Waals surface area contributed by atoms with Crippen molar-refractivity contribution in [3.63, 3.8) is 0 Å². The van der Waals surface area contributed by atoms with Crippen LogP contribution in [-0.2, 0) is 4.74 Å². The van der Waals surface area contributed by atoms with Crippen LogP contribution in [0, 0.1) is 5.41 Å². The highest BCUT2D eigenvalue weighted by Gasteiger charge is 2.51. The first-order valence-electron chi connectivity index (χ1n) is 9.63. The Bertz CT molecular complexity index is 528. The van der Waals surface area contributed by atoms with E-state index in [0.717, 1.165) is 51.1 Å². The fraction of sp³-hybridized carbons (Fsp3) is 0.789. The average Bonchev–Trinajstić information content (AvgIpc) is 3.00. The molecule has 2 heterocycles. The molecule has 0 aromatic carbocycles. The Labute approximate surface area is 151 Å². The van der Waals surface area contributed by atoms with Gasteiger partial charge in [-0.3, -0.25) is 4.99 Å². The minimum atomic E-state index is -0.136. The van der Waals surface area contributed by atoms with Gasteiger partial charge < -0.3 is 20.3 Å². The molecule has 2 N–H and O–H groups in total. The summed E-state index contributed by atoms with van der Waals surface area (Å²) < 4.78 is 5.14. The second-order valence-corrected chi connectivity index (χ2v) is 7.91. The summed E-state index contributed by atoms with van der Waals surface area (Å²) >= 11 is 0. The van der Waals surface area contributed by atoms with E-state index >= 15 is 0 Å². The van der Waals surface area contributed by atoms with Crippen LogP contribution in [0.3, 0.4) is 0 Å². The molecule has 0 atom stereocenters. The SMILES string of the molecule is CCOC(=O)N1CCC2(CC(N3CCC(N=CC=C(C)N)CC3)C2)C1. The molecule has 3 aliphatic rings. The number of piperidine rings is 1. The molecule has 0 bridgehead atoms. The Morgan fingerprint density at radius 2 is 2.04 bits per heavy atom. The zero-order valence-electron chi connectivity index (χ0n) is 15.6. The standard InChI is InChI=1S/C19H32N4O2/c1-3-25-18(24)23-11-7-19(14-23)12-17(13-19)22-9-5-16(6-10-22)21-8-4-15(2)20/h4,8,16-17H,3,5-7,9-14,20H2,1-2H3. The summed E-state index contributed by atoms with van der Waals surface area (Å²) in [5, 5.41) is 0. The van der Waals surface area contributed by atoms with Gasteiger partial charge in [0.2, 0.25) is 0 Å². The average molecular weight is 348 g/mol. The number of hydrogen-bond acceptors (Lipinski definition) is 5. The first-order valence-corrected chi connectivity index (χ1v) is 9.63. The maximum atomic E-state index is 11.9. The molecular weight excluding hydrogens is 316 g/mol. The Morgan fingerprint density at radius 3 is 2.68 bits per heavy atom. The number of rotatable bonds is 4. The first kappa shape index (κ1) is 18.2. The Morgan fingerprint density at radius 1 is 1.32 bits per heavy atom. The van der Waals surface area contributed by atoms with Crippen LogP contribution in [-0.4, -0.2) is 67.0 Å². The van der Waals surface area contributed by atoms with Gasteiger partial charge in [0.25, 0.3) is 0 Å². The minimum absolute atomic E-state index is 0.136. The maximum absolute atomic E-state index is 11.9. The largest absolute Gasteiger partial charge is 0.450 e. The number of amides is 1. The molecule has 0 aromatic heterocycles. The van der Waals surface area contributed by atoms with Gasteiger partial charge in [0.15, 0.2) is 0 Å². The monoisotopic (exact) mass is 348 g/mol. The lowest BCUT2D eigenvalue weighted by molar-refractivity contribution is -0.00419. The van der Waals surface area contributed by atoms with Crippen molar-refractivity contribution < 1.29 is 9.53 Å². The Kier molecular flexibility index (Phi) is 5.67. The molecule has 0 aromatic rings. The van der Waals surface area contributed by atoms with Crippen molar-refractivity contribution >= 4 is 12.3 Å². The summed E-state index contributed by atoms with van der Waals surface area (Å²) in [6, 6.07) is 1.13. The van der Waals surface area contributed by atoms with Crippen molar-refractivity contribution in [1.82, 2.24) is 9.80 Å². The van der Waals surface area contributed by atoms with E-state index in [1.165, 1.54) is 12.8 Å². The second kappa shape index (κ2) is 7.77. The van der Waals surface area contributed by atoms with Crippen molar-refractivity contribution in [2.24, 2.45) is 16.1 Å². The summed E-state index contributed by atoms with van der Waals surface area (Å²) in [5.74, 6) is 0. The first-order chi connectivity index (χ1) is 12.0. The van der Waals surface area contributed by atoms with Crippen LogP contribution in [0.1, 0.15) is 46.0 Å². The number of nitrogens with zero attached hydrogens (tertiary/aromatic N) is 3. The smallest absolute Gasteiger partial charge is 0.409 e. The van der Waals surface area contributed by atoms with E-state index in [2.05, 4.69) is 9.89 Å². The third kappa shape index (κ3) is 4.35. The molecule has 2 saturated heterocycles. The van der Waals surface area contributed by atoms with E-state index in [-0.39, 0.29) is 6.09 Å². The molecule has 25 heavy (non-hydrogen) atoms. The van der Waals surface area contributed by atoms with Crippen LogP contribution in [0.4, 0.5) is 4.79 Å². The summed E-state index contributed by atoms with van der Waals surface area (Å²) in [7, 11) is 0. The van der Waals surface area contributed by atoms with Crippen molar-refractivity contribution in [2.45, 2.75) is 58.0 Å². The molecule has 3 rings (SSSR count). The minimum Gasteiger partial charge on any atom is -0.450 e. The van der Waals surface area contributed by atoms with Crippen molar-refractivity contribution in [3.8, 4) is 0 Å². The lowest BCUT2D eigenvalue weighted by Crippen LogP contribution is -2.54. The van der Waals surface area contributed by atoms with E-state index in [1.807, 2.05) is 31.0 Å².